The van der Waals surface area contributed by atoms with Gasteiger partial charge in [-0.25, -0.2) is 0 Å². The lowest BCUT2D eigenvalue weighted by Gasteiger charge is -2.39. The van der Waals surface area contributed by atoms with Crippen LogP contribution in [0.3, 0.4) is 0 Å². The largest absolute Gasteiger partial charge is 0.350 e. The highest BCUT2D eigenvalue weighted by atomic mass is 16.1. The van der Waals surface area contributed by atoms with Crippen molar-refractivity contribution in [3.63, 3.8) is 0 Å². The van der Waals surface area contributed by atoms with Crippen molar-refractivity contribution in [2.24, 2.45) is 12.5 Å². The van der Waals surface area contributed by atoms with Crippen molar-refractivity contribution < 1.29 is 4.79 Å². The summed E-state index contributed by atoms with van der Waals surface area (Å²) in [6, 6.07) is 0.340. The van der Waals surface area contributed by atoms with Crippen molar-refractivity contribution in [1.29, 1.82) is 0 Å². The van der Waals surface area contributed by atoms with E-state index < -0.39 is 0 Å². The fraction of sp³-hybridized carbons (Fsp3) is 0.692. The van der Waals surface area contributed by atoms with E-state index in [9.17, 15) is 4.79 Å². The number of carbonyl (C=O) groups excluding carboxylic acids is 1. The van der Waals surface area contributed by atoms with E-state index in [4.69, 9.17) is 0 Å². The van der Waals surface area contributed by atoms with Crippen LogP contribution >= 0.6 is 0 Å². The number of carbonyl (C=O) groups is 1. The normalized spacial score (nSPS) is 22.7. The molecule has 2 N–H and O–H groups in total. The molecule has 2 heterocycles. The molecule has 1 aliphatic heterocycles. The zero-order valence-corrected chi connectivity index (χ0v) is 11.4. The maximum atomic E-state index is 11.9. The van der Waals surface area contributed by atoms with Crippen molar-refractivity contribution in [3.8, 4) is 0 Å². The topological polar surface area (TPSA) is 59.0 Å². The number of rotatable bonds is 3. The van der Waals surface area contributed by atoms with Gasteiger partial charge in [-0.3, -0.25) is 9.48 Å². The Morgan fingerprint density at radius 3 is 3.06 bits per heavy atom. The quantitative estimate of drug-likeness (QED) is 0.839. The Morgan fingerprint density at radius 1 is 1.67 bits per heavy atom. The maximum Gasteiger partial charge on any atom is 0.254 e. The molecule has 1 aromatic heterocycles. The molecule has 1 aliphatic rings. The summed E-state index contributed by atoms with van der Waals surface area (Å²) in [5.74, 6) is -0.0497. The van der Waals surface area contributed by atoms with Crippen molar-refractivity contribution in [2.45, 2.75) is 32.7 Å². The van der Waals surface area contributed by atoms with Crippen molar-refractivity contribution in [2.75, 3.05) is 13.1 Å². The van der Waals surface area contributed by atoms with Crippen LogP contribution in [0.4, 0.5) is 0 Å². The van der Waals surface area contributed by atoms with Crippen molar-refractivity contribution >= 4 is 5.91 Å². The number of nitrogens with one attached hydrogen (secondary N) is 2. The van der Waals surface area contributed by atoms with Crippen molar-refractivity contribution in [3.05, 3.63) is 18.0 Å². The first-order chi connectivity index (χ1) is 8.49. The Hall–Kier alpha value is -1.36. The fourth-order valence-electron chi connectivity index (χ4n) is 2.45. The van der Waals surface area contributed by atoms with Crippen LogP contribution in [0, 0.1) is 5.41 Å². The van der Waals surface area contributed by atoms with Gasteiger partial charge < -0.3 is 10.6 Å². The first-order valence-electron chi connectivity index (χ1n) is 6.49. The van der Waals surface area contributed by atoms with Gasteiger partial charge in [0.2, 0.25) is 0 Å². The maximum absolute atomic E-state index is 11.9. The average molecular weight is 250 g/mol. The molecule has 0 bridgehead atoms. The third-order valence-electron chi connectivity index (χ3n) is 3.77. The third kappa shape index (κ3) is 2.90. The molecule has 18 heavy (non-hydrogen) atoms. The minimum Gasteiger partial charge on any atom is -0.350 e. The van der Waals surface area contributed by atoms with Crippen LogP contribution in [0.1, 0.15) is 37.0 Å². The number of aryl methyl sites for hydroxylation is 1. The standard InChI is InChI=1S/C13H22N4O/c1-13(2)5-4-6-14-11(13)8-15-12(18)10-7-16-17(3)9-10/h7,9,11,14H,4-6,8H2,1-3H3,(H,15,18). The molecule has 5 nitrogen and oxygen atoms in total. The summed E-state index contributed by atoms with van der Waals surface area (Å²) < 4.78 is 1.64. The van der Waals surface area contributed by atoms with Gasteiger partial charge in [-0.1, -0.05) is 13.8 Å². The lowest BCUT2D eigenvalue weighted by molar-refractivity contribution is 0.0929. The molecule has 0 spiro atoms. The number of nitrogens with zero attached hydrogens (tertiary/aromatic N) is 2. The Balaban J connectivity index is 1.89. The molecule has 1 atom stereocenters. The zero-order valence-electron chi connectivity index (χ0n) is 11.4. The van der Waals surface area contributed by atoms with Gasteiger partial charge in [-0.05, 0) is 24.8 Å². The number of amides is 1. The molecule has 100 valence electrons. The van der Waals surface area contributed by atoms with E-state index in [0.717, 1.165) is 6.54 Å². The highest BCUT2D eigenvalue weighted by Crippen LogP contribution is 2.29. The second-order valence-corrected chi connectivity index (χ2v) is 5.71. The molecule has 2 rings (SSSR count). The van der Waals surface area contributed by atoms with Gasteiger partial charge in [0.05, 0.1) is 11.8 Å². The Kier molecular flexibility index (Phi) is 3.71. The van der Waals surface area contributed by atoms with Crippen LogP contribution in [-0.2, 0) is 7.05 Å². The smallest absolute Gasteiger partial charge is 0.254 e. The van der Waals surface area contributed by atoms with Crippen LogP contribution in [0.2, 0.25) is 0 Å². The van der Waals surface area contributed by atoms with Crippen LogP contribution in [0.5, 0.6) is 0 Å². The summed E-state index contributed by atoms with van der Waals surface area (Å²) in [7, 11) is 1.81. The molecular weight excluding hydrogens is 228 g/mol. The predicted octanol–water partition coefficient (Wildman–Crippen LogP) is 0.928. The SMILES string of the molecule is Cn1cc(C(=O)NCC2NCCCC2(C)C)cn1. The molecule has 5 heteroatoms. The van der Waals surface area contributed by atoms with E-state index in [1.807, 2.05) is 7.05 Å². The molecule has 1 amide bonds. The predicted molar refractivity (Wildman–Crippen MR) is 70.3 cm³/mol. The Labute approximate surface area is 108 Å². The van der Waals surface area contributed by atoms with Crippen LogP contribution in [0.15, 0.2) is 12.4 Å². The summed E-state index contributed by atoms with van der Waals surface area (Å²) in [6.45, 7) is 6.21. The lowest BCUT2D eigenvalue weighted by Crippen LogP contribution is -2.52. The molecular formula is C13H22N4O. The molecule has 0 aliphatic carbocycles. The van der Waals surface area contributed by atoms with Gasteiger partial charge in [0.15, 0.2) is 0 Å². The molecule has 1 saturated heterocycles. The summed E-state index contributed by atoms with van der Waals surface area (Å²) in [5, 5.41) is 10.5. The molecule has 1 aromatic rings. The lowest BCUT2D eigenvalue weighted by atomic mass is 9.77. The van der Waals surface area contributed by atoms with Crippen LogP contribution in [-0.4, -0.2) is 34.8 Å². The van der Waals surface area contributed by atoms with E-state index in [-0.39, 0.29) is 11.3 Å². The first kappa shape index (κ1) is 13.1. The van der Waals surface area contributed by atoms with Gasteiger partial charge in [0.1, 0.15) is 0 Å². The molecule has 0 radical (unpaired) electrons. The highest BCUT2D eigenvalue weighted by Gasteiger charge is 2.31. The first-order valence-corrected chi connectivity index (χ1v) is 6.49. The summed E-state index contributed by atoms with van der Waals surface area (Å²) in [5.41, 5.74) is 0.853. The second kappa shape index (κ2) is 5.10. The summed E-state index contributed by atoms with van der Waals surface area (Å²) in [6.07, 6.45) is 5.73. The summed E-state index contributed by atoms with van der Waals surface area (Å²) >= 11 is 0. The van der Waals surface area contributed by atoms with Gasteiger partial charge in [0.25, 0.3) is 5.91 Å². The minimum absolute atomic E-state index is 0.0497. The number of piperidine rings is 1. The van der Waals surface area contributed by atoms with E-state index in [1.165, 1.54) is 12.8 Å². The molecule has 1 fully saturated rings. The number of aromatic nitrogens is 2. The Morgan fingerprint density at radius 2 is 2.44 bits per heavy atom. The molecule has 0 aromatic carbocycles. The fourth-order valence-corrected chi connectivity index (χ4v) is 2.45. The van der Waals surface area contributed by atoms with E-state index >= 15 is 0 Å². The summed E-state index contributed by atoms with van der Waals surface area (Å²) in [4.78, 5) is 11.9. The number of hydrogen-bond acceptors (Lipinski definition) is 3. The molecule has 0 saturated carbocycles. The van der Waals surface area contributed by atoms with Crippen LogP contribution in [0.25, 0.3) is 0 Å². The van der Waals surface area contributed by atoms with Crippen LogP contribution < -0.4 is 10.6 Å². The van der Waals surface area contributed by atoms with E-state index in [1.54, 1.807) is 17.1 Å². The number of hydrogen-bond donors (Lipinski definition) is 2. The minimum atomic E-state index is -0.0497. The van der Waals surface area contributed by atoms with Crippen molar-refractivity contribution in [1.82, 2.24) is 20.4 Å². The average Bonchev–Trinajstić information content (AvgIpc) is 2.73. The monoisotopic (exact) mass is 250 g/mol. The van der Waals surface area contributed by atoms with Gasteiger partial charge in [-0.15, -0.1) is 0 Å². The third-order valence-corrected chi connectivity index (χ3v) is 3.77. The van der Waals surface area contributed by atoms with Gasteiger partial charge in [0, 0.05) is 25.8 Å². The Bertz CT molecular complexity index is 424. The van der Waals surface area contributed by atoms with E-state index in [2.05, 4.69) is 29.6 Å². The van der Waals surface area contributed by atoms with Gasteiger partial charge in [-0.2, -0.15) is 5.10 Å². The second-order valence-electron chi connectivity index (χ2n) is 5.71. The molecule has 1 unspecified atom stereocenters. The van der Waals surface area contributed by atoms with Gasteiger partial charge >= 0.3 is 0 Å². The highest BCUT2D eigenvalue weighted by molar-refractivity contribution is 5.93. The van der Waals surface area contributed by atoms with E-state index in [0.29, 0.717) is 18.2 Å². The zero-order chi connectivity index (χ0) is 13.2.